The van der Waals surface area contributed by atoms with Crippen LogP contribution in [0.4, 0.5) is 5.69 Å². The number of rotatable bonds is 5. The predicted octanol–water partition coefficient (Wildman–Crippen LogP) is 3.30. The summed E-state index contributed by atoms with van der Waals surface area (Å²) in [7, 11) is 1.85. The first-order valence-electron chi connectivity index (χ1n) is 10.0. The summed E-state index contributed by atoms with van der Waals surface area (Å²) in [4.78, 5) is 29.0. The van der Waals surface area contributed by atoms with Crippen molar-refractivity contribution in [1.82, 2.24) is 9.80 Å². The normalized spacial score (nSPS) is 19.5. The summed E-state index contributed by atoms with van der Waals surface area (Å²) in [5.41, 5.74) is 3.20. The lowest BCUT2D eigenvalue weighted by Crippen LogP contribution is -2.43. The zero-order valence-electron chi connectivity index (χ0n) is 16.1. The molecule has 26 heavy (non-hydrogen) atoms. The number of nitrogens with one attached hydrogen (secondary N) is 1. The second-order valence-corrected chi connectivity index (χ2v) is 7.57. The number of anilines is 1. The Morgan fingerprint density at radius 1 is 1.27 bits per heavy atom. The molecule has 0 bridgehead atoms. The van der Waals surface area contributed by atoms with Gasteiger partial charge in [-0.3, -0.25) is 9.59 Å². The van der Waals surface area contributed by atoms with Gasteiger partial charge in [-0.25, -0.2) is 0 Å². The van der Waals surface area contributed by atoms with E-state index in [1.807, 2.05) is 24.9 Å². The smallest absolute Gasteiger partial charge is 0.254 e. The van der Waals surface area contributed by atoms with Crippen molar-refractivity contribution < 1.29 is 9.59 Å². The molecule has 2 amide bonds. The molecule has 2 aliphatic rings. The molecule has 0 aliphatic carbocycles. The monoisotopic (exact) mass is 357 g/mol. The molecule has 2 aliphatic heterocycles. The van der Waals surface area contributed by atoms with Crippen molar-refractivity contribution in [2.75, 3.05) is 32.0 Å². The van der Waals surface area contributed by atoms with E-state index in [2.05, 4.69) is 17.4 Å². The maximum Gasteiger partial charge on any atom is 0.254 e. The molecule has 5 nitrogen and oxygen atoms in total. The molecule has 3 rings (SSSR count). The highest BCUT2D eigenvalue weighted by atomic mass is 16.2. The zero-order chi connectivity index (χ0) is 18.5. The number of fused-ring (bicyclic) bond motifs is 1. The molecule has 0 unspecified atom stereocenters. The summed E-state index contributed by atoms with van der Waals surface area (Å²) in [6.07, 6.45) is 6.79. The number of hydrogen-bond donors (Lipinski definition) is 1. The van der Waals surface area contributed by atoms with Crippen molar-refractivity contribution in [2.24, 2.45) is 0 Å². The van der Waals surface area contributed by atoms with Crippen LogP contribution < -0.4 is 5.32 Å². The Balaban J connectivity index is 1.70. The molecule has 2 heterocycles. The molecule has 0 saturated carbocycles. The van der Waals surface area contributed by atoms with Gasteiger partial charge in [0.1, 0.15) is 0 Å². The van der Waals surface area contributed by atoms with Crippen LogP contribution in [0, 0.1) is 0 Å². The number of benzene rings is 1. The van der Waals surface area contributed by atoms with Crippen LogP contribution in [0.15, 0.2) is 18.2 Å². The first-order valence-corrected chi connectivity index (χ1v) is 10.0. The van der Waals surface area contributed by atoms with Gasteiger partial charge >= 0.3 is 0 Å². The molecule has 1 aromatic rings. The third-order valence-electron chi connectivity index (χ3n) is 5.55. The van der Waals surface area contributed by atoms with E-state index in [4.69, 9.17) is 0 Å². The predicted molar refractivity (Wildman–Crippen MR) is 104 cm³/mol. The second kappa shape index (κ2) is 8.56. The van der Waals surface area contributed by atoms with Crippen molar-refractivity contribution in [1.29, 1.82) is 0 Å². The third kappa shape index (κ3) is 4.19. The van der Waals surface area contributed by atoms with E-state index in [1.54, 1.807) is 4.90 Å². The molecular formula is C21H31N3O2. The molecule has 1 atom stereocenters. The topological polar surface area (TPSA) is 52.7 Å². The van der Waals surface area contributed by atoms with E-state index < -0.39 is 0 Å². The van der Waals surface area contributed by atoms with E-state index in [0.717, 1.165) is 50.8 Å². The number of amides is 2. The summed E-state index contributed by atoms with van der Waals surface area (Å²) in [5, 5.41) is 3.45. The minimum absolute atomic E-state index is 0.107. The molecular weight excluding hydrogens is 326 g/mol. The van der Waals surface area contributed by atoms with Crippen molar-refractivity contribution in [3.8, 4) is 0 Å². The van der Waals surface area contributed by atoms with Crippen LogP contribution in [0.5, 0.6) is 0 Å². The molecule has 1 saturated heterocycles. The lowest BCUT2D eigenvalue weighted by Gasteiger charge is -2.29. The zero-order valence-corrected chi connectivity index (χ0v) is 16.1. The van der Waals surface area contributed by atoms with E-state index >= 15 is 0 Å². The van der Waals surface area contributed by atoms with Crippen molar-refractivity contribution in [3.05, 3.63) is 29.3 Å². The molecule has 0 aromatic heterocycles. The van der Waals surface area contributed by atoms with Crippen LogP contribution >= 0.6 is 0 Å². The van der Waals surface area contributed by atoms with Crippen molar-refractivity contribution in [2.45, 2.75) is 57.9 Å². The van der Waals surface area contributed by atoms with Crippen LogP contribution in [0.2, 0.25) is 0 Å². The van der Waals surface area contributed by atoms with Gasteiger partial charge in [-0.05, 0) is 62.3 Å². The maximum absolute atomic E-state index is 13.1. The fraction of sp³-hybridized carbons (Fsp3) is 0.619. The highest BCUT2D eigenvalue weighted by molar-refractivity contribution is 5.95. The lowest BCUT2D eigenvalue weighted by molar-refractivity contribution is -0.130. The number of carbonyl (C=O) groups excluding carboxylic acids is 2. The number of nitrogens with zero attached hydrogens (tertiary/aromatic N) is 2. The number of likely N-dealkylation sites (N-methyl/N-ethyl adjacent to an activating group) is 1. The SMILES string of the molecule is CCCC(=O)N(C)C[C@H]1CCCN1C(=O)c1ccc2c(c1)CCCCN2. The van der Waals surface area contributed by atoms with Gasteiger partial charge in [-0.2, -0.15) is 0 Å². The molecule has 1 N–H and O–H groups in total. The van der Waals surface area contributed by atoms with Crippen LogP contribution in [-0.4, -0.2) is 54.3 Å². The van der Waals surface area contributed by atoms with Gasteiger partial charge in [-0.15, -0.1) is 0 Å². The average Bonchev–Trinajstić information content (AvgIpc) is 2.96. The Morgan fingerprint density at radius 3 is 2.92 bits per heavy atom. The van der Waals surface area contributed by atoms with E-state index in [0.29, 0.717) is 13.0 Å². The lowest BCUT2D eigenvalue weighted by atomic mass is 10.0. The Labute approximate surface area is 156 Å². The minimum Gasteiger partial charge on any atom is -0.385 e. The Bertz CT molecular complexity index is 659. The summed E-state index contributed by atoms with van der Waals surface area (Å²) in [5.74, 6) is 0.277. The highest BCUT2D eigenvalue weighted by Crippen LogP contribution is 2.26. The van der Waals surface area contributed by atoms with Crippen molar-refractivity contribution >= 4 is 17.5 Å². The number of aryl methyl sites for hydroxylation is 1. The fourth-order valence-electron chi connectivity index (χ4n) is 4.05. The van der Waals surface area contributed by atoms with Crippen LogP contribution in [0.25, 0.3) is 0 Å². The number of hydrogen-bond acceptors (Lipinski definition) is 3. The standard InChI is InChI=1S/C21H31N3O2/c1-3-7-20(25)23(2)15-18-9-6-13-24(18)21(26)17-10-11-19-16(14-17)8-4-5-12-22-19/h10-11,14,18,22H,3-9,12-13,15H2,1-2H3/t18-/m1/s1. The van der Waals surface area contributed by atoms with Gasteiger partial charge in [0.05, 0.1) is 0 Å². The molecule has 1 fully saturated rings. The van der Waals surface area contributed by atoms with E-state index in [-0.39, 0.29) is 17.9 Å². The highest BCUT2D eigenvalue weighted by Gasteiger charge is 2.31. The fourth-order valence-corrected chi connectivity index (χ4v) is 4.05. The van der Waals surface area contributed by atoms with Gasteiger partial charge in [-0.1, -0.05) is 6.92 Å². The molecule has 1 aromatic carbocycles. The van der Waals surface area contributed by atoms with Crippen LogP contribution in [-0.2, 0) is 11.2 Å². The van der Waals surface area contributed by atoms with Crippen LogP contribution in [0.3, 0.4) is 0 Å². The first kappa shape index (κ1) is 18.7. The molecule has 0 radical (unpaired) electrons. The Kier molecular flexibility index (Phi) is 6.17. The largest absolute Gasteiger partial charge is 0.385 e. The molecule has 142 valence electrons. The van der Waals surface area contributed by atoms with Gasteiger partial charge in [0.2, 0.25) is 5.91 Å². The van der Waals surface area contributed by atoms with Gasteiger partial charge in [0, 0.05) is 50.4 Å². The van der Waals surface area contributed by atoms with E-state index in [9.17, 15) is 9.59 Å². The van der Waals surface area contributed by atoms with Gasteiger partial charge in [0.25, 0.3) is 5.91 Å². The maximum atomic E-state index is 13.1. The van der Waals surface area contributed by atoms with Crippen LogP contribution in [0.1, 0.15) is 61.4 Å². The summed E-state index contributed by atoms with van der Waals surface area (Å²) in [6.45, 7) is 4.45. The van der Waals surface area contributed by atoms with E-state index in [1.165, 1.54) is 17.7 Å². The molecule has 0 spiro atoms. The summed E-state index contributed by atoms with van der Waals surface area (Å²) in [6, 6.07) is 6.19. The quantitative estimate of drug-likeness (QED) is 0.880. The average molecular weight is 357 g/mol. The Morgan fingerprint density at radius 2 is 2.12 bits per heavy atom. The van der Waals surface area contributed by atoms with Gasteiger partial charge in [0.15, 0.2) is 0 Å². The molecule has 5 heteroatoms. The second-order valence-electron chi connectivity index (χ2n) is 7.57. The third-order valence-corrected chi connectivity index (χ3v) is 5.55. The summed E-state index contributed by atoms with van der Waals surface area (Å²) >= 11 is 0. The van der Waals surface area contributed by atoms with Gasteiger partial charge < -0.3 is 15.1 Å². The van der Waals surface area contributed by atoms with Crippen molar-refractivity contribution in [3.63, 3.8) is 0 Å². The summed E-state index contributed by atoms with van der Waals surface area (Å²) < 4.78 is 0. The minimum atomic E-state index is 0.107. The number of carbonyl (C=O) groups is 2. The first-order chi connectivity index (χ1) is 12.6. The number of likely N-dealkylation sites (tertiary alicyclic amines) is 1. The Hall–Kier alpha value is -2.04.